The number of ether oxygens (including phenoxy) is 2. The van der Waals surface area contributed by atoms with E-state index in [9.17, 15) is 18.0 Å². The number of carbonyl (C=O) groups excluding carboxylic acids is 2. The Morgan fingerprint density at radius 1 is 0.962 bits per heavy atom. The van der Waals surface area contributed by atoms with E-state index in [1.54, 1.807) is 0 Å². The van der Waals surface area contributed by atoms with Gasteiger partial charge in [-0.1, -0.05) is 0 Å². The van der Waals surface area contributed by atoms with Crippen molar-refractivity contribution in [3.63, 3.8) is 0 Å². The molecule has 9 heteroatoms. The molecular formula is C17H24N2O6S. The van der Waals surface area contributed by atoms with E-state index in [0.717, 1.165) is 0 Å². The molecule has 26 heavy (non-hydrogen) atoms. The van der Waals surface area contributed by atoms with Gasteiger partial charge in [0.25, 0.3) is 0 Å². The van der Waals surface area contributed by atoms with Crippen LogP contribution in [0.1, 0.15) is 34.6 Å². The molecule has 1 saturated heterocycles. The maximum Gasteiger partial charge on any atom is 0.337 e. The van der Waals surface area contributed by atoms with Crippen LogP contribution >= 0.6 is 0 Å². The Hall–Kier alpha value is -1.97. The van der Waals surface area contributed by atoms with E-state index in [2.05, 4.69) is 14.4 Å². The minimum absolute atomic E-state index is 0.0243. The standard InChI is InChI=1S/C17H24N2O6S/c1-11-12(2)19(7-6-18(11)3)26(22,23)15-9-13(16(20)24-4)8-14(10-15)17(21)25-5/h8-12H,6-7H2,1-5H3/t11-,12-/m0/s1. The average Bonchev–Trinajstić information content (AvgIpc) is 2.64. The second kappa shape index (κ2) is 7.73. The van der Waals surface area contributed by atoms with Gasteiger partial charge in [0.1, 0.15) is 0 Å². The van der Waals surface area contributed by atoms with Crippen LogP contribution in [0.3, 0.4) is 0 Å². The maximum absolute atomic E-state index is 13.2. The van der Waals surface area contributed by atoms with Crippen LogP contribution in [0, 0.1) is 0 Å². The van der Waals surface area contributed by atoms with Crippen LogP contribution < -0.4 is 0 Å². The van der Waals surface area contributed by atoms with Gasteiger partial charge >= 0.3 is 11.9 Å². The van der Waals surface area contributed by atoms with Crippen LogP contribution in [0.25, 0.3) is 0 Å². The normalized spacial score (nSPS) is 22.0. The van der Waals surface area contributed by atoms with Crippen LogP contribution in [-0.4, -0.2) is 76.0 Å². The summed E-state index contributed by atoms with van der Waals surface area (Å²) in [7, 11) is 0.410. The lowest BCUT2D eigenvalue weighted by Gasteiger charge is -2.42. The zero-order valence-corrected chi connectivity index (χ0v) is 16.4. The SMILES string of the molecule is COC(=O)c1cc(C(=O)OC)cc(S(=O)(=O)N2CCN(C)[C@@H](C)[C@@H]2C)c1. The first-order valence-corrected chi connectivity index (χ1v) is 9.61. The molecule has 0 bridgehead atoms. The number of carbonyl (C=O) groups is 2. The number of rotatable bonds is 4. The molecule has 0 unspecified atom stereocenters. The molecular weight excluding hydrogens is 360 g/mol. The van der Waals surface area contributed by atoms with Crippen LogP contribution in [0.5, 0.6) is 0 Å². The quantitative estimate of drug-likeness (QED) is 0.714. The predicted molar refractivity (Wildman–Crippen MR) is 94.6 cm³/mol. The Kier molecular flexibility index (Phi) is 6.05. The van der Waals surface area contributed by atoms with Gasteiger partial charge in [-0.2, -0.15) is 4.31 Å². The number of nitrogens with zero attached hydrogens (tertiary/aromatic N) is 2. The summed E-state index contributed by atoms with van der Waals surface area (Å²) in [5.74, 6) is -1.46. The maximum atomic E-state index is 13.2. The lowest BCUT2D eigenvalue weighted by Crippen LogP contribution is -2.57. The highest BCUT2D eigenvalue weighted by molar-refractivity contribution is 7.89. The molecule has 1 aliphatic heterocycles. The fraction of sp³-hybridized carbons (Fsp3) is 0.529. The van der Waals surface area contributed by atoms with Crippen LogP contribution in [-0.2, 0) is 19.5 Å². The fourth-order valence-corrected chi connectivity index (χ4v) is 4.72. The number of methoxy groups -OCH3 is 2. The van der Waals surface area contributed by atoms with Gasteiger partial charge in [0, 0.05) is 25.2 Å². The average molecular weight is 384 g/mol. The summed E-state index contributed by atoms with van der Waals surface area (Å²) >= 11 is 0. The number of benzene rings is 1. The molecule has 2 rings (SSSR count). The highest BCUT2D eigenvalue weighted by atomic mass is 32.2. The summed E-state index contributed by atoms with van der Waals surface area (Å²) in [6, 6.07) is 3.48. The Balaban J connectivity index is 2.54. The molecule has 0 saturated carbocycles. The number of hydrogen-bond acceptors (Lipinski definition) is 7. The highest BCUT2D eigenvalue weighted by Crippen LogP contribution is 2.26. The van der Waals surface area contributed by atoms with E-state index in [-0.39, 0.29) is 28.1 Å². The molecule has 0 aromatic heterocycles. The zero-order chi connectivity index (χ0) is 19.6. The third-order valence-electron chi connectivity index (χ3n) is 4.88. The third kappa shape index (κ3) is 3.74. The van der Waals surface area contributed by atoms with Crippen molar-refractivity contribution in [1.82, 2.24) is 9.21 Å². The molecule has 1 aromatic carbocycles. The second-order valence-electron chi connectivity index (χ2n) is 6.31. The van der Waals surface area contributed by atoms with Crippen LogP contribution in [0.2, 0.25) is 0 Å². The number of hydrogen-bond donors (Lipinski definition) is 0. The molecule has 144 valence electrons. The van der Waals surface area contributed by atoms with Crippen LogP contribution in [0.15, 0.2) is 23.1 Å². The van der Waals surface area contributed by atoms with Crippen molar-refractivity contribution in [2.45, 2.75) is 30.8 Å². The molecule has 0 amide bonds. The van der Waals surface area contributed by atoms with Gasteiger partial charge < -0.3 is 14.4 Å². The molecule has 1 fully saturated rings. The molecule has 8 nitrogen and oxygen atoms in total. The van der Waals surface area contributed by atoms with Crippen molar-refractivity contribution in [3.05, 3.63) is 29.3 Å². The van der Waals surface area contributed by atoms with E-state index in [0.29, 0.717) is 13.1 Å². The third-order valence-corrected chi connectivity index (χ3v) is 6.84. The Morgan fingerprint density at radius 2 is 1.46 bits per heavy atom. The summed E-state index contributed by atoms with van der Waals surface area (Å²) in [6.07, 6.45) is 0. The monoisotopic (exact) mass is 384 g/mol. The van der Waals surface area contributed by atoms with Gasteiger partial charge in [-0.25, -0.2) is 18.0 Å². The molecule has 1 heterocycles. The van der Waals surface area contributed by atoms with Crippen molar-refractivity contribution in [2.24, 2.45) is 0 Å². The summed E-state index contributed by atoms with van der Waals surface area (Å²) in [6.45, 7) is 4.70. The summed E-state index contributed by atoms with van der Waals surface area (Å²) in [4.78, 5) is 25.8. The smallest absolute Gasteiger partial charge is 0.337 e. The fourth-order valence-electron chi connectivity index (χ4n) is 2.97. The van der Waals surface area contributed by atoms with Crippen LogP contribution in [0.4, 0.5) is 0 Å². The molecule has 0 aliphatic carbocycles. The van der Waals surface area contributed by atoms with Gasteiger partial charge in [-0.05, 0) is 39.1 Å². The van der Waals surface area contributed by atoms with Gasteiger partial charge in [0.2, 0.25) is 10.0 Å². The van der Waals surface area contributed by atoms with E-state index in [4.69, 9.17) is 0 Å². The minimum atomic E-state index is -3.90. The summed E-state index contributed by atoms with van der Waals surface area (Å²) in [5.41, 5.74) is -0.0485. The summed E-state index contributed by atoms with van der Waals surface area (Å²) < 4.78 is 37.1. The van der Waals surface area contributed by atoms with Gasteiger partial charge in [-0.15, -0.1) is 0 Å². The van der Waals surface area contributed by atoms with Gasteiger partial charge in [-0.3, -0.25) is 0 Å². The van der Waals surface area contributed by atoms with Crippen molar-refractivity contribution >= 4 is 22.0 Å². The lowest BCUT2D eigenvalue weighted by atomic mass is 10.1. The first kappa shape index (κ1) is 20.3. The van der Waals surface area contributed by atoms with Gasteiger partial charge in [0.05, 0.1) is 30.2 Å². The molecule has 0 spiro atoms. The number of esters is 2. The molecule has 0 N–H and O–H groups in total. The van der Waals surface area contributed by atoms with Crippen molar-refractivity contribution in [1.29, 1.82) is 0 Å². The number of likely N-dealkylation sites (N-methyl/N-ethyl adjacent to an activating group) is 1. The number of piperazine rings is 1. The predicted octanol–water partition coefficient (Wildman–Crippen LogP) is 0.973. The first-order chi connectivity index (χ1) is 12.1. The molecule has 0 radical (unpaired) electrons. The number of sulfonamides is 1. The topological polar surface area (TPSA) is 93.2 Å². The molecule has 1 aromatic rings. The minimum Gasteiger partial charge on any atom is -0.465 e. The van der Waals surface area contributed by atoms with Crippen molar-refractivity contribution < 1.29 is 27.5 Å². The lowest BCUT2D eigenvalue weighted by molar-refractivity contribution is 0.0598. The van der Waals surface area contributed by atoms with E-state index in [1.165, 1.54) is 36.7 Å². The Bertz CT molecular complexity index is 773. The van der Waals surface area contributed by atoms with E-state index >= 15 is 0 Å². The van der Waals surface area contributed by atoms with E-state index in [1.807, 2.05) is 20.9 Å². The van der Waals surface area contributed by atoms with Crippen molar-refractivity contribution in [3.8, 4) is 0 Å². The first-order valence-electron chi connectivity index (χ1n) is 8.17. The Labute approximate surface area is 153 Å². The second-order valence-corrected chi connectivity index (χ2v) is 8.20. The van der Waals surface area contributed by atoms with Crippen molar-refractivity contribution in [2.75, 3.05) is 34.4 Å². The zero-order valence-electron chi connectivity index (χ0n) is 15.6. The molecule has 1 aliphatic rings. The van der Waals surface area contributed by atoms with Gasteiger partial charge in [0.15, 0.2) is 0 Å². The Morgan fingerprint density at radius 3 is 1.92 bits per heavy atom. The largest absolute Gasteiger partial charge is 0.465 e. The van der Waals surface area contributed by atoms with E-state index < -0.39 is 22.0 Å². The summed E-state index contributed by atoms with van der Waals surface area (Å²) in [5, 5.41) is 0. The molecule has 2 atom stereocenters. The highest BCUT2D eigenvalue weighted by Gasteiger charge is 2.37.